The summed E-state index contributed by atoms with van der Waals surface area (Å²) in [6.07, 6.45) is 7.18. The van der Waals surface area contributed by atoms with Crippen LogP contribution in [0.4, 0.5) is 17.5 Å². The summed E-state index contributed by atoms with van der Waals surface area (Å²) in [4.78, 5) is 22.0. The fourth-order valence-corrected chi connectivity index (χ4v) is 3.06. The number of amides is 1. The summed E-state index contributed by atoms with van der Waals surface area (Å²) in [5.74, 6) is 1.21. The highest BCUT2D eigenvalue weighted by atomic mass is 35.5. The molecule has 1 saturated heterocycles. The van der Waals surface area contributed by atoms with Crippen LogP contribution in [0.3, 0.4) is 0 Å². The van der Waals surface area contributed by atoms with E-state index in [1.54, 1.807) is 22.0 Å². The van der Waals surface area contributed by atoms with E-state index >= 15 is 0 Å². The Bertz CT molecular complexity index is 810. The summed E-state index contributed by atoms with van der Waals surface area (Å²) in [6.45, 7) is 6.05. The number of likely N-dealkylation sites (tertiary alicyclic amines) is 1. The summed E-state index contributed by atoms with van der Waals surface area (Å²) < 4.78 is 1.62. The molecule has 9 nitrogen and oxygen atoms in total. The maximum Gasteiger partial charge on any atom is 0.245 e. The zero-order valence-corrected chi connectivity index (χ0v) is 15.6. The number of anilines is 3. The van der Waals surface area contributed by atoms with E-state index in [1.165, 1.54) is 12.3 Å². The third kappa shape index (κ3) is 4.95. The molecular weight excluding hydrogens is 370 g/mol. The molecule has 1 fully saturated rings. The highest BCUT2D eigenvalue weighted by Crippen LogP contribution is 2.23. The van der Waals surface area contributed by atoms with Gasteiger partial charge >= 0.3 is 0 Å². The van der Waals surface area contributed by atoms with Crippen LogP contribution in [0.5, 0.6) is 0 Å². The van der Waals surface area contributed by atoms with Gasteiger partial charge in [0.1, 0.15) is 5.02 Å². The lowest BCUT2D eigenvalue weighted by atomic mass is 10.1. The van der Waals surface area contributed by atoms with Crippen molar-refractivity contribution in [2.75, 3.05) is 36.9 Å². The molecule has 0 aromatic carbocycles. The first-order valence-electron chi connectivity index (χ1n) is 8.67. The van der Waals surface area contributed by atoms with Gasteiger partial charge in [-0.25, -0.2) is 4.98 Å². The molecule has 2 aromatic heterocycles. The molecule has 0 spiro atoms. The molecule has 3 N–H and O–H groups in total. The van der Waals surface area contributed by atoms with Crippen LogP contribution >= 0.6 is 11.6 Å². The predicted octanol–water partition coefficient (Wildman–Crippen LogP) is 1.51. The zero-order chi connectivity index (χ0) is 19.2. The number of nitrogens with zero attached hydrogens (tertiary/aromatic N) is 5. The van der Waals surface area contributed by atoms with E-state index in [0.29, 0.717) is 48.0 Å². The van der Waals surface area contributed by atoms with E-state index in [2.05, 4.69) is 32.3 Å². The van der Waals surface area contributed by atoms with E-state index in [-0.39, 0.29) is 12.5 Å². The van der Waals surface area contributed by atoms with Crippen LogP contribution in [0.15, 0.2) is 31.2 Å². The number of hydrogen-bond acceptors (Lipinski definition) is 7. The van der Waals surface area contributed by atoms with Crippen molar-refractivity contribution in [1.82, 2.24) is 24.6 Å². The lowest BCUT2D eigenvalue weighted by Crippen LogP contribution is -2.28. The summed E-state index contributed by atoms with van der Waals surface area (Å²) >= 11 is 6.19. The molecule has 3 rings (SSSR count). The number of aromatic nitrogens is 4. The average molecular weight is 392 g/mol. The summed E-state index contributed by atoms with van der Waals surface area (Å²) in [7, 11) is 0. The van der Waals surface area contributed by atoms with Crippen LogP contribution in [0.25, 0.3) is 0 Å². The number of aliphatic hydroxyl groups excluding tert-OH is 1. The van der Waals surface area contributed by atoms with E-state index in [9.17, 15) is 4.79 Å². The van der Waals surface area contributed by atoms with Gasteiger partial charge in [0.05, 0.1) is 31.2 Å². The van der Waals surface area contributed by atoms with Gasteiger partial charge in [0, 0.05) is 25.8 Å². The summed E-state index contributed by atoms with van der Waals surface area (Å²) in [5.41, 5.74) is 0.714. The lowest BCUT2D eigenvalue weighted by molar-refractivity contribution is -0.125. The fourth-order valence-electron chi connectivity index (χ4n) is 2.90. The Morgan fingerprint density at radius 2 is 2.33 bits per heavy atom. The first kappa shape index (κ1) is 19.1. The van der Waals surface area contributed by atoms with Crippen molar-refractivity contribution in [3.8, 4) is 0 Å². The normalized spacial score (nSPS) is 16.4. The Kier molecular flexibility index (Phi) is 6.25. The molecule has 0 radical (unpaired) electrons. The van der Waals surface area contributed by atoms with E-state index in [0.717, 1.165) is 13.0 Å². The largest absolute Gasteiger partial charge is 0.394 e. The highest BCUT2D eigenvalue weighted by molar-refractivity contribution is 6.32. The van der Waals surface area contributed by atoms with Gasteiger partial charge in [0.2, 0.25) is 11.9 Å². The summed E-state index contributed by atoms with van der Waals surface area (Å²) in [5, 5.41) is 19.8. The summed E-state index contributed by atoms with van der Waals surface area (Å²) in [6, 6.07) is 0. The van der Waals surface area contributed by atoms with Gasteiger partial charge < -0.3 is 20.6 Å². The number of aliphatic hydroxyl groups is 1. The maximum atomic E-state index is 11.7. The number of nitrogens with one attached hydrogen (secondary N) is 2. The molecule has 1 aliphatic rings. The molecule has 27 heavy (non-hydrogen) atoms. The Morgan fingerprint density at radius 1 is 1.48 bits per heavy atom. The van der Waals surface area contributed by atoms with Gasteiger partial charge in [-0.1, -0.05) is 18.2 Å². The maximum absolute atomic E-state index is 11.7. The molecule has 0 aliphatic carbocycles. The number of carbonyl (C=O) groups excluding carboxylic acids is 1. The Balaban J connectivity index is 1.58. The van der Waals surface area contributed by atoms with Crippen molar-refractivity contribution < 1.29 is 9.90 Å². The fraction of sp³-hybridized carbons (Fsp3) is 0.412. The molecule has 3 heterocycles. The number of rotatable bonds is 8. The topological polar surface area (TPSA) is 108 Å². The monoisotopic (exact) mass is 391 g/mol. The standard InChI is InChI=1S/C17H22ClN7O2/c1-2-15(27)24-4-3-12(10-24)7-19-16-14(18)9-20-17(23-16)22-13-8-21-25(11-13)5-6-26/h2,8-9,11-12,26H,1,3-7,10H2,(H2,19,20,22,23)/t12-/m0/s1. The second kappa shape index (κ2) is 8.83. The first-order valence-corrected chi connectivity index (χ1v) is 9.05. The first-order chi connectivity index (χ1) is 13.1. The van der Waals surface area contributed by atoms with Crippen molar-refractivity contribution in [2.24, 2.45) is 5.92 Å². The molecule has 1 atom stereocenters. The minimum atomic E-state index is -0.0363. The van der Waals surface area contributed by atoms with Crippen LogP contribution in [0.2, 0.25) is 5.02 Å². The Hall–Kier alpha value is -2.65. The Morgan fingerprint density at radius 3 is 3.11 bits per heavy atom. The van der Waals surface area contributed by atoms with Gasteiger partial charge in [-0.2, -0.15) is 10.1 Å². The van der Waals surface area contributed by atoms with E-state index < -0.39 is 0 Å². The third-order valence-electron chi connectivity index (χ3n) is 4.29. The molecule has 0 saturated carbocycles. The lowest BCUT2D eigenvalue weighted by Gasteiger charge is -2.15. The van der Waals surface area contributed by atoms with Gasteiger partial charge in [0.25, 0.3) is 0 Å². The molecule has 1 amide bonds. The van der Waals surface area contributed by atoms with E-state index in [4.69, 9.17) is 16.7 Å². The molecule has 0 unspecified atom stereocenters. The van der Waals surface area contributed by atoms with Crippen LogP contribution in [-0.4, -0.2) is 61.9 Å². The molecule has 144 valence electrons. The number of halogens is 1. The molecule has 0 bridgehead atoms. The molecular formula is C17H22ClN7O2. The minimum Gasteiger partial charge on any atom is -0.394 e. The minimum absolute atomic E-state index is 0.0175. The quantitative estimate of drug-likeness (QED) is 0.585. The number of hydrogen-bond donors (Lipinski definition) is 3. The SMILES string of the molecule is C=CC(=O)N1CC[C@@H](CNc2nc(Nc3cnn(CCO)c3)ncc2Cl)C1. The van der Waals surface area contributed by atoms with Crippen LogP contribution in [0.1, 0.15) is 6.42 Å². The predicted molar refractivity (Wildman–Crippen MR) is 103 cm³/mol. The smallest absolute Gasteiger partial charge is 0.245 e. The van der Waals surface area contributed by atoms with Crippen LogP contribution in [0, 0.1) is 5.92 Å². The van der Waals surface area contributed by atoms with E-state index in [1.807, 2.05) is 0 Å². The second-order valence-electron chi connectivity index (χ2n) is 6.25. The zero-order valence-electron chi connectivity index (χ0n) is 14.8. The molecule has 2 aromatic rings. The van der Waals surface area contributed by atoms with Crippen molar-refractivity contribution >= 4 is 35.0 Å². The van der Waals surface area contributed by atoms with Crippen molar-refractivity contribution in [3.63, 3.8) is 0 Å². The van der Waals surface area contributed by atoms with Gasteiger partial charge in [-0.15, -0.1) is 0 Å². The molecule has 1 aliphatic heterocycles. The van der Waals surface area contributed by atoms with Crippen molar-refractivity contribution in [1.29, 1.82) is 0 Å². The highest BCUT2D eigenvalue weighted by Gasteiger charge is 2.24. The van der Waals surface area contributed by atoms with Crippen molar-refractivity contribution in [3.05, 3.63) is 36.3 Å². The van der Waals surface area contributed by atoms with Crippen LogP contribution in [-0.2, 0) is 11.3 Å². The van der Waals surface area contributed by atoms with Gasteiger partial charge in [-0.3, -0.25) is 9.48 Å². The average Bonchev–Trinajstić information content (AvgIpc) is 3.31. The molecule has 10 heteroatoms. The van der Waals surface area contributed by atoms with Gasteiger partial charge in [-0.05, 0) is 18.4 Å². The van der Waals surface area contributed by atoms with Crippen LogP contribution < -0.4 is 10.6 Å². The van der Waals surface area contributed by atoms with Crippen molar-refractivity contribution in [2.45, 2.75) is 13.0 Å². The second-order valence-corrected chi connectivity index (χ2v) is 6.66. The number of carbonyl (C=O) groups is 1. The Labute approximate surface area is 162 Å². The van der Waals surface area contributed by atoms with Gasteiger partial charge in [0.15, 0.2) is 5.82 Å². The third-order valence-corrected chi connectivity index (χ3v) is 4.57.